The zero-order chi connectivity index (χ0) is 24.7. The molecule has 2 bridgehead atoms. The van der Waals surface area contributed by atoms with Crippen molar-refractivity contribution in [3.63, 3.8) is 0 Å². The van der Waals surface area contributed by atoms with Crippen LogP contribution in [0.25, 0.3) is 0 Å². The Morgan fingerprint density at radius 3 is 2.40 bits per heavy atom. The Balaban J connectivity index is 1.20. The lowest BCUT2D eigenvalue weighted by atomic mass is 9.96. The van der Waals surface area contributed by atoms with E-state index in [1.807, 2.05) is 12.1 Å². The fourth-order valence-corrected chi connectivity index (χ4v) is 5.23. The Morgan fingerprint density at radius 2 is 1.77 bits per heavy atom. The van der Waals surface area contributed by atoms with E-state index < -0.39 is 11.4 Å². The van der Waals surface area contributed by atoms with E-state index in [1.165, 1.54) is 18.2 Å². The van der Waals surface area contributed by atoms with Gasteiger partial charge in [-0.1, -0.05) is 11.6 Å². The molecule has 0 radical (unpaired) electrons. The molecule has 35 heavy (non-hydrogen) atoms. The third-order valence-corrected chi connectivity index (χ3v) is 7.37. The van der Waals surface area contributed by atoms with Crippen molar-refractivity contribution >= 4 is 29.2 Å². The van der Waals surface area contributed by atoms with E-state index in [9.17, 15) is 14.0 Å². The second-order valence-electron chi connectivity index (χ2n) is 10.3. The Bertz CT molecular complexity index is 1110. The predicted molar refractivity (Wildman–Crippen MR) is 131 cm³/mol. The van der Waals surface area contributed by atoms with Crippen LogP contribution in [-0.2, 0) is 4.79 Å². The van der Waals surface area contributed by atoms with Crippen LogP contribution in [0, 0.1) is 5.82 Å². The number of nitrogens with one attached hydrogen (secondary N) is 2. The van der Waals surface area contributed by atoms with E-state index in [4.69, 9.17) is 16.3 Å². The monoisotopic (exact) mass is 500 g/mol. The van der Waals surface area contributed by atoms with Gasteiger partial charge in [0.15, 0.2) is 5.60 Å². The molecule has 3 atom stereocenters. The van der Waals surface area contributed by atoms with Crippen LogP contribution in [-0.4, -0.2) is 46.6 Å². The Morgan fingerprint density at radius 1 is 1.06 bits per heavy atom. The van der Waals surface area contributed by atoms with Crippen molar-refractivity contribution in [1.82, 2.24) is 15.6 Å². The lowest BCUT2D eigenvalue weighted by Crippen LogP contribution is -2.55. The number of anilines is 1. The highest BCUT2D eigenvalue weighted by Gasteiger charge is 2.43. The number of fused-ring (bicyclic) bond motifs is 2. The minimum atomic E-state index is -1.22. The SMILES string of the molecule is CC(C)(Oc1cc(F)ccc1Cl)C(=O)N[C@H]1C[C@H]2CC[C@@H](C1)N2c1ccc(C(=O)NC2CC2)cn1. The molecule has 5 rings (SSSR count). The molecule has 7 nitrogen and oxygen atoms in total. The number of hydrogen-bond acceptors (Lipinski definition) is 5. The summed E-state index contributed by atoms with van der Waals surface area (Å²) in [5.41, 5.74) is -0.637. The summed E-state index contributed by atoms with van der Waals surface area (Å²) in [4.78, 5) is 32.3. The predicted octanol–water partition coefficient (Wildman–Crippen LogP) is 4.24. The van der Waals surface area contributed by atoms with E-state index in [-0.39, 0.29) is 40.7 Å². The van der Waals surface area contributed by atoms with Crippen LogP contribution in [0.15, 0.2) is 36.5 Å². The number of pyridine rings is 1. The van der Waals surface area contributed by atoms with E-state index in [2.05, 4.69) is 20.5 Å². The molecule has 1 aromatic heterocycles. The quantitative estimate of drug-likeness (QED) is 0.594. The van der Waals surface area contributed by atoms with Gasteiger partial charge >= 0.3 is 0 Å². The molecule has 3 aliphatic rings. The standard InChI is InChI=1S/C26H30ClFN4O3/c1-26(2,35-22-11-16(28)4-9-21(22)27)25(34)31-18-12-19-7-8-20(13-18)32(19)23-10-3-15(14-29-23)24(33)30-17-5-6-17/h3-4,9-11,14,17-20H,5-8,12-13H2,1-2H3,(H,30,33)(H,31,34)/t18-,19+,20-. The van der Waals surface area contributed by atoms with Crippen LogP contribution in [0.4, 0.5) is 10.2 Å². The number of hydrogen-bond donors (Lipinski definition) is 2. The van der Waals surface area contributed by atoms with Gasteiger partial charge in [-0.05, 0) is 76.6 Å². The second-order valence-corrected chi connectivity index (χ2v) is 10.7. The van der Waals surface area contributed by atoms with Crippen LogP contribution in [0.5, 0.6) is 5.75 Å². The molecule has 2 aromatic rings. The number of aromatic nitrogens is 1. The Kier molecular flexibility index (Phi) is 6.34. The lowest BCUT2D eigenvalue weighted by Gasteiger charge is -2.40. The van der Waals surface area contributed by atoms with Crippen LogP contribution < -0.4 is 20.3 Å². The molecule has 3 fully saturated rings. The summed E-state index contributed by atoms with van der Waals surface area (Å²) in [6, 6.07) is 8.45. The third-order valence-electron chi connectivity index (χ3n) is 7.06. The van der Waals surface area contributed by atoms with Crippen LogP contribution in [0.3, 0.4) is 0 Å². The molecular formula is C26H30ClFN4O3. The summed E-state index contributed by atoms with van der Waals surface area (Å²) in [6.45, 7) is 3.30. The number of carbonyl (C=O) groups excluding carboxylic acids is 2. The van der Waals surface area contributed by atoms with E-state index in [0.717, 1.165) is 44.3 Å². The van der Waals surface area contributed by atoms with Gasteiger partial charge in [0.05, 0.1) is 10.6 Å². The molecule has 2 amide bonds. The molecule has 1 aliphatic carbocycles. The summed E-state index contributed by atoms with van der Waals surface area (Å²) >= 11 is 6.11. The molecule has 1 saturated carbocycles. The fourth-order valence-electron chi connectivity index (χ4n) is 5.07. The van der Waals surface area contributed by atoms with Crippen LogP contribution in [0.1, 0.15) is 62.7 Å². The van der Waals surface area contributed by atoms with Crippen molar-refractivity contribution in [2.24, 2.45) is 0 Å². The highest BCUT2D eigenvalue weighted by atomic mass is 35.5. The minimum absolute atomic E-state index is 0.00528. The van der Waals surface area contributed by atoms with Crippen molar-refractivity contribution in [2.75, 3.05) is 4.90 Å². The van der Waals surface area contributed by atoms with Gasteiger partial charge in [-0.2, -0.15) is 0 Å². The van der Waals surface area contributed by atoms with E-state index in [0.29, 0.717) is 11.6 Å². The van der Waals surface area contributed by atoms with Gasteiger partial charge < -0.3 is 20.3 Å². The molecule has 9 heteroatoms. The smallest absolute Gasteiger partial charge is 0.263 e. The normalized spacial score (nSPS) is 23.7. The number of amides is 2. The highest BCUT2D eigenvalue weighted by Crippen LogP contribution is 2.39. The van der Waals surface area contributed by atoms with Gasteiger partial charge in [-0.15, -0.1) is 0 Å². The van der Waals surface area contributed by atoms with Gasteiger partial charge in [0.25, 0.3) is 11.8 Å². The number of halogens is 2. The number of ether oxygens (including phenoxy) is 1. The Labute approximate surface area is 209 Å². The zero-order valence-corrected chi connectivity index (χ0v) is 20.6. The first-order chi connectivity index (χ1) is 16.7. The molecule has 2 N–H and O–H groups in total. The van der Waals surface area contributed by atoms with E-state index >= 15 is 0 Å². The third kappa shape index (κ3) is 5.22. The van der Waals surface area contributed by atoms with Gasteiger partial charge in [-0.25, -0.2) is 9.37 Å². The summed E-state index contributed by atoms with van der Waals surface area (Å²) < 4.78 is 19.4. The van der Waals surface area contributed by atoms with Gasteiger partial charge in [0.2, 0.25) is 0 Å². The van der Waals surface area contributed by atoms with Crippen molar-refractivity contribution in [2.45, 2.75) is 82.1 Å². The molecule has 1 aromatic carbocycles. The summed E-state index contributed by atoms with van der Waals surface area (Å²) in [7, 11) is 0. The Hall–Kier alpha value is -2.87. The minimum Gasteiger partial charge on any atom is -0.476 e. The number of carbonyl (C=O) groups is 2. The maximum atomic E-state index is 13.6. The zero-order valence-electron chi connectivity index (χ0n) is 19.9. The number of rotatable bonds is 7. The topological polar surface area (TPSA) is 83.6 Å². The number of piperidine rings is 1. The maximum absolute atomic E-state index is 13.6. The fraction of sp³-hybridized carbons (Fsp3) is 0.500. The lowest BCUT2D eigenvalue weighted by molar-refractivity contribution is -0.135. The van der Waals surface area contributed by atoms with Crippen molar-refractivity contribution < 1.29 is 18.7 Å². The van der Waals surface area contributed by atoms with Gasteiger partial charge in [-0.3, -0.25) is 9.59 Å². The summed E-state index contributed by atoms with van der Waals surface area (Å²) in [5, 5.41) is 6.37. The summed E-state index contributed by atoms with van der Waals surface area (Å²) in [6.07, 6.45) is 7.40. The molecular weight excluding hydrogens is 471 g/mol. The number of benzene rings is 1. The first-order valence-corrected chi connectivity index (χ1v) is 12.6. The molecule has 3 heterocycles. The molecule has 2 saturated heterocycles. The van der Waals surface area contributed by atoms with Crippen LogP contribution in [0.2, 0.25) is 5.02 Å². The van der Waals surface area contributed by atoms with Crippen molar-refractivity contribution in [3.05, 3.63) is 52.9 Å². The maximum Gasteiger partial charge on any atom is 0.263 e. The van der Waals surface area contributed by atoms with Gasteiger partial charge in [0, 0.05) is 36.4 Å². The van der Waals surface area contributed by atoms with Crippen LogP contribution >= 0.6 is 11.6 Å². The van der Waals surface area contributed by atoms with E-state index in [1.54, 1.807) is 20.0 Å². The second kappa shape index (κ2) is 9.30. The van der Waals surface area contributed by atoms with Crippen molar-refractivity contribution in [1.29, 1.82) is 0 Å². The average molecular weight is 501 g/mol. The largest absolute Gasteiger partial charge is 0.476 e. The highest BCUT2D eigenvalue weighted by molar-refractivity contribution is 6.32. The molecule has 186 valence electrons. The summed E-state index contributed by atoms with van der Waals surface area (Å²) in [5.74, 6) is 0.201. The van der Waals surface area contributed by atoms with Gasteiger partial charge in [0.1, 0.15) is 17.4 Å². The number of nitrogens with zero attached hydrogens (tertiary/aromatic N) is 2. The molecule has 0 unspecified atom stereocenters. The first-order valence-electron chi connectivity index (χ1n) is 12.2. The molecule has 2 aliphatic heterocycles. The molecule has 0 spiro atoms. The van der Waals surface area contributed by atoms with Crippen molar-refractivity contribution in [3.8, 4) is 5.75 Å². The first kappa shape index (κ1) is 23.9. The average Bonchev–Trinajstić information content (AvgIpc) is 3.59.